The van der Waals surface area contributed by atoms with Crippen molar-refractivity contribution in [1.29, 1.82) is 0 Å². The summed E-state index contributed by atoms with van der Waals surface area (Å²) < 4.78 is 9.05. The van der Waals surface area contributed by atoms with Crippen molar-refractivity contribution in [3.63, 3.8) is 0 Å². The maximum atomic E-state index is 9.96. The zero-order valence-corrected chi connectivity index (χ0v) is 9.65. The predicted molar refractivity (Wildman–Crippen MR) is 61.6 cm³/mol. The second-order valence-electron chi connectivity index (χ2n) is 3.23. The summed E-state index contributed by atoms with van der Waals surface area (Å²) in [5.74, 6) is 0.801. The molecule has 0 aliphatic rings. The van der Waals surface area contributed by atoms with Crippen LogP contribution < -0.4 is 4.74 Å². The summed E-state index contributed by atoms with van der Waals surface area (Å²) in [6.07, 6.45) is -0.713. The zero-order chi connectivity index (χ0) is 11.4. The topological polar surface area (TPSA) is 55.2 Å². The van der Waals surface area contributed by atoms with Gasteiger partial charge in [0.25, 0.3) is 0 Å². The van der Waals surface area contributed by atoms with E-state index in [1.54, 1.807) is 5.38 Å². The van der Waals surface area contributed by atoms with Crippen molar-refractivity contribution >= 4 is 11.5 Å². The van der Waals surface area contributed by atoms with Gasteiger partial charge in [0.1, 0.15) is 17.5 Å². The molecule has 1 aromatic heterocycles. The minimum absolute atomic E-state index is 0.578. The highest BCUT2D eigenvalue weighted by Crippen LogP contribution is 2.22. The molecule has 0 saturated heterocycles. The molecule has 84 valence electrons. The van der Waals surface area contributed by atoms with Gasteiger partial charge in [0.05, 0.1) is 6.61 Å². The molecule has 0 fully saturated rings. The molecule has 1 N–H and O–H groups in total. The van der Waals surface area contributed by atoms with Crippen LogP contribution in [0, 0.1) is 0 Å². The van der Waals surface area contributed by atoms with Crippen LogP contribution in [0.1, 0.15) is 24.3 Å². The summed E-state index contributed by atoms with van der Waals surface area (Å²) in [5.41, 5.74) is 1.37. The van der Waals surface area contributed by atoms with Crippen LogP contribution in [0.4, 0.5) is 0 Å². The Hall–Kier alpha value is -1.46. The Kier molecular flexibility index (Phi) is 3.48. The van der Waals surface area contributed by atoms with E-state index in [2.05, 4.69) is 9.59 Å². The number of hydrogen-bond acceptors (Lipinski definition) is 5. The standard InChI is InChI=1S/C11H12N2O2S/c1-2-15-9-5-3-8(4-6-9)11(14)10-7-16-13-12-10/h3-7,11,14H,2H2,1H3. The molecule has 0 aliphatic carbocycles. The van der Waals surface area contributed by atoms with Gasteiger partial charge in [-0.3, -0.25) is 0 Å². The molecule has 2 rings (SSSR count). The van der Waals surface area contributed by atoms with Crippen molar-refractivity contribution in [3.8, 4) is 5.75 Å². The fourth-order valence-corrected chi connectivity index (χ4v) is 1.85. The first-order valence-corrected chi connectivity index (χ1v) is 5.82. The average molecular weight is 236 g/mol. The summed E-state index contributed by atoms with van der Waals surface area (Å²) in [6, 6.07) is 7.33. The van der Waals surface area contributed by atoms with Crippen LogP contribution in [0.25, 0.3) is 0 Å². The fraction of sp³-hybridized carbons (Fsp3) is 0.273. The Morgan fingerprint density at radius 2 is 2.12 bits per heavy atom. The Labute approximate surface area is 97.7 Å². The van der Waals surface area contributed by atoms with Crippen molar-refractivity contribution in [2.24, 2.45) is 0 Å². The number of rotatable bonds is 4. The van der Waals surface area contributed by atoms with Crippen LogP contribution >= 0.6 is 11.5 Å². The van der Waals surface area contributed by atoms with Crippen LogP contribution in [-0.4, -0.2) is 21.3 Å². The van der Waals surface area contributed by atoms with Gasteiger partial charge < -0.3 is 9.84 Å². The lowest BCUT2D eigenvalue weighted by Crippen LogP contribution is -2.00. The van der Waals surface area contributed by atoms with E-state index in [9.17, 15) is 5.11 Å². The quantitative estimate of drug-likeness (QED) is 0.882. The maximum absolute atomic E-state index is 9.96. The van der Waals surface area contributed by atoms with Crippen LogP contribution in [0.15, 0.2) is 29.6 Å². The molecule has 1 unspecified atom stereocenters. The summed E-state index contributed by atoms with van der Waals surface area (Å²) in [4.78, 5) is 0. The molecular formula is C11H12N2O2S. The number of benzene rings is 1. The Bertz CT molecular complexity index is 428. The number of nitrogens with zero attached hydrogens (tertiary/aromatic N) is 2. The summed E-state index contributed by atoms with van der Waals surface area (Å²) in [7, 11) is 0. The zero-order valence-electron chi connectivity index (χ0n) is 8.83. The smallest absolute Gasteiger partial charge is 0.124 e. The molecule has 0 spiro atoms. The van der Waals surface area contributed by atoms with Crippen LogP contribution in [0.5, 0.6) is 5.75 Å². The number of aromatic nitrogens is 2. The third kappa shape index (κ3) is 2.37. The first-order chi connectivity index (χ1) is 7.81. The molecule has 5 heteroatoms. The lowest BCUT2D eigenvalue weighted by molar-refractivity contribution is 0.215. The lowest BCUT2D eigenvalue weighted by atomic mass is 10.1. The Morgan fingerprint density at radius 1 is 1.38 bits per heavy atom. The largest absolute Gasteiger partial charge is 0.494 e. The minimum atomic E-state index is -0.713. The molecule has 0 bridgehead atoms. The van der Waals surface area contributed by atoms with Crippen molar-refractivity contribution in [2.45, 2.75) is 13.0 Å². The van der Waals surface area contributed by atoms with Gasteiger partial charge in [0.15, 0.2) is 0 Å². The average Bonchev–Trinajstić information content (AvgIpc) is 2.83. The number of aliphatic hydroxyl groups excluding tert-OH is 1. The third-order valence-electron chi connectivity index (χ3n) is 2.16. The SMILES string of the molecule is CCOc1ccc(C(O)c2csnn2)cc1. The molecule has 0 aliphatic heterocycles. The lowest BCUT2D eigenvalue weighted by Gasteiger charge is -2.08. The number of ether oxygens (including phenoxy) is 1. The summed E-state index contributed by atoms with van der Waals surface area (Å²) in [5, 5.41) is 15.5. The predicted octanol–water partition coefficient (Wildman–Crippen LogP) is 2.02. The van der Waals surface area contributed by atoms with Crippen LogP contribution in [-0.2, 0) is 0 Å². The number of aliphatic hydroxyl groups is 1. The Balaban J connectivity index is 2.15. The van der Waals surface area contributed by atoms with Crippen molar-refractivity contribution in [1.82, 2.24) is 9.59 Å². The maximum Gasteiger partial charge on any atom is 0.124 e. The monoisotopic (exact) mass is 236 g/mol. The van der Waals surface area contributed by atoms with E-state index in [0.29, 0.717) is 12.3 Å². The summed E-state index contributed by atoms with van der Waals surface area (Å²) >= 11 is 1.23. The molecule has 4 nitrogen and oxygen atoms in total. The second kappa shape index (κ2) is 5.05. The molecule has 1 heterocycles. The highest BCUT2D eigenvalue weighted by atomic mass is 32.1. The highest BCUT2D eigenvalue weighted by molar-refractivity contribution is 7.03. The molecular weight excluding hydrogens is 224 g/mol. The van der Waals surface area contributed by atoms with E-state index < -0.39 is 6.10 Å². The van der Waals surface area contributed by atoms with E-state index in [1.165, 1.54) is 11.5 Å². The molecule has 0 radical (unpaired) electrons. The van der Waals surface area contributed by atoms with Gasteiger partial charge in [0, 0.05) is 5.38 Å². The van der Waals surface area contributed by atoms with Crippen molar-refractivity contribution in [3.05, 3.63) is 40.9 Å². The van der Waals surface area contributed by atoms with Gasteiger partial charge in [-0.05, 0) is 36.2 Å². The van der Waals surface area contributed by atoms with E-state index in [4.69, 9.17) is 4.74 Å². The van der Waals surface area contributed by atoms with E-state index >= 15 is 0 Å². The number of hydrogen-bond donors (Lipinski definition) is 1. The van der Waals surface area contributed by atoms with Crippen LogP contribution in [0.3, 0.4) is 0 Å². The highest BCUT2D eigenvalue weighted by Gasteiger charge is 2.12. The minimum Gasteiger partial charge on any atom is -0.494 e. The van der Waals surface area contributed by atoms with Gasteiger partial charge in [-0.25, -0.2) is 0 Å². The summed E-state index contributed by atoms with van der Waals surface area (Å²) in [6.45, 7) is 2.57. The van der Waals surface area contributed by atoms with Gasteiger partial charge in [-0.2, -0.15) is 0 Å². The van der Waals surface area contributed by atoms with Crippen molar-refractivity contribution in [2.75, 3.05) is 6.61 Å². The molecule has 0 saturated carbocycles. The Morgan fingerprint density at radius 3 is 2.69 bits per heavy atom. The van der Waals surface area contributed by atoms with Gasteiger partial charge in [-0.1, -0.05) is 16.6 Å². The van der Waals surface area contributed by atoms with Gasteiger partial charge >= 0.3 is 0 Å². The fourth-order valence-electron chi connectivity index (χ4n) is 1.37. The molecule has 0 amide bonds. The van der Waals surface area contributed by atoms with E-state index in [-0.39, 0.29) is 0 Å². The molecule has 1 aromatic carbocycles. The second-order valence-corrected chi connectivity index (χ2v) is 3.84. The molecule has 2 aromatic rings. The van der Waals surface area contributed by atoms with Crippen molar-refractivity contribution < 1.29 is 9.84 Å². The van der Waals surface area contributed by atoms with E-state index in [0.717, 1.165) is 11.3 Å². The van der Waals surface area contributed by atoms with Gasteiger partial charge in [0.2, 0.25) is 0 Å². The first-order valence-electron chi connectivity index (χ1n) is 4.99. The molecule has 16 heavy (non-hydrogen) atoms. The van der Waals surface area contributed by atoms with Crippen LogP contribution in [0.2, 0.25) is 0 Å². The molecule has 1 atom stereocenters. The third-order valence-corrected chi connectivity index (χ3v) is 2.69. The normalized spacial score (nSPS) is 12.4. The first kappa shape index (κ1) is 11.0. The van der Waals surface area contributed by atoms with Gasteiger partial charge in [-0.15, -0.1) is 5.10 Å². The van der Waals surface area contributed by atoms with E-state index in [1.807, 2.05) is 31.2 Å².